The molecule has 1 heterocycles. The van der Waals surface area contributed by atoms with Gasteiger partial charge in [-0.05, 0) is 0 Å². The molecule has 1 aliphatic rings. The molecule has 0 aromatic heterocycles. The van der Waals surface area contributed by atoms with Crippen LogP contribution in [0.25, 0.3) is 0 Å². The summed E-state index contributed by atoms with van der Waals surface area (Å²) in [5.74, 6) is -1.16. The van der Waals surface area contributed by atoms with Crippen LogP contribution in [0.1, 0.15) is 10.4 Å². The second kappa shape index (κ2) is 5.60. The number of hydrogen-bond donors (Lipinski definition) is 1. The van der Waals surface area contributed by atoms with E-state index in [1.54, 1.807) is 3.83 Å². The fourth-order valence-corrected chi connectivity index (χ4v) is 3.99. The number of allylic oxidation sites excluding steroid dienone is 1. The summed E-state index contributed by atoms with van der Waals surface area (Å²) in [5.41, 5.74) is -0.203. The molecule has 0 saturated heterocycles. The van der Waals surface area contributed by atoms with E-state index in [2.05, 4.69) is 8.30 Å². The fraction of sp³-hybridized carbons (Fsp3) is 0.0909. The van der Waals surface area contributed by atoms with E-state index in [0.29, 0.717) is 0 Å². The Kier molecular flexibility index (Phi) is 4.11. The van der Waals surface area contributed by atoms with Crippen LogP contribution in [0.5, 0.6) is 0 Å². The molecule has 0 unspecified atom stereocenters. The van der Waals surface area contributed by atoms with Gasteiger partial charge in [-0.25, -0.2) is 0 Å². The first-order chi connectivity index (χ1) is 8.58. The number of rotatable bonds is 3. The first-order valence-electron chi connectivity index (χ1n) is 5.04. The fourth-order valence-electron chi connectivity index (χ4n) is 1.45. The summed E-state index contributed by atoms with van der Waals surface area (Å²) in [7, 11) is 0. The van der Waals surface area contributed by atoms with Gasteiger partial charge in [0.1, 0.15) is 0 Å². The number of amides is 1. The second-order valence-electron chi connectivity index (χ2n) is 3.51. The third-order valence-corrected chi connectivity index (χ3v) is 4.87. The number of nitrogens with one attached hydrogen (secondary N) is 1. The van der Waals surface area contributed by atoms with E-state index in [0.717, 1.165) is 6.07 Å². The van der Waals surface area contributed by atoms with Crippen LogP contribution in [0, 0.1) is 5.82 Å². The van der Waals surface area contributed by atoms with Crippen LogP contribution in [-0.4, -0.2) is 41.2 Å². The minimum absolute atomic E-state index is 0.0699. The Morgan fingerprint density at radius 1 is 1.39 bits per heavy atom. The SMILES string of the molecule is O=C(NC1=[CH][In][N]=C1C(F)F)c1cccc(F)c1. The van der Waals surface area contributed by atoms with Crippen molar-refractivity contribution in [2.24, 2.45) is 2.98 Å². The van der Waals surface area contributed by atoms with Gasteiger partial charge >= 0.3 is 113 Å². The molecule has 1 aliphatic heterocycles. The Hall–Kier alpha value is -1.24. The quantitative estimate of drug-likeness (QED) is 0.882. The zero-order valence-corrected chi connectivity index (χ0v) is 12.3. The summed E-state index contributed by atoms with van der Waals surface area (Å²) in [6.45, 7) is 0. The molecule has 0 fully saturated rings. The van der Waals surface area contributed by atoms with Gasteiger partial charge in [-0.2, -0.15) is 0 Å². The van der Waals surface area contributed by atoms with Gasteiger partial charge in [0.25, 0.3) is 0 Å². The molecular formula is C11H7F3InN2O. The molecule has 1 radical (unpaired) electrons. The van der Waals surface area contributed by atoms with Crippen LogP contribution in [0.3, 0.4) is 0 Å². The summed E-state index contributed by atoms with van der Waals surface area (Å²) < 4.78 is 43.4. The summed E-state index contributed by atoms with van der Waals surface area (Å²) in [4.78, 5) is 11.7. The first kappa shape index (κ1) is 13.2. The number of nitrogens with zero attached hydrogens (tertiary/aromatic N) is 1. The van der Waals surface area contributed by atoms with Crippen LogP contribution in [-0.2, 0) is 0 Å². The van der Waals surface area contributed by atoms with Crippen molar-refractivity contribution in [3.63, 3.8) is 0 Å². The van der Waals surface area contributed by atoms with E-state index in [1.807, 2.05) is 0 Å². The zero-order valence-electron chi connectivity index (χ0n) is 9.03. The van der Waals surface area contributed by atoms with Crippen molar-refractivity contribution in [3.8, 4) is 0 Å². The first-order valence-corrected chi connectivity index (χ1v) is 8.42. The van der Waals surface area contributed by atoms with Crippen LogP contribution >= 0.6 is 0 Å². The number of halogens is 3. The molecular weight excluding hydrogens is 348 g/mol. The third kappa shape index (κ3) is 2.95. The molecule has 0 aliphatic carbocycles. The molecule has 1 aromatic carbocycles. The molecule has 0 bridgehead atoms. The summed E-state index contributed by atoms with van der Waals surface area (Å²) >= 11 is -1.50. The van der Waals surface area contributed by atoms with Gasteiger partial charge in [-0.15, -0.1) is 0 Å². The predicted molar refractivity (Wildman–Crippen MR) is 61.1 cm³/mol. The van der Waals surface area contributed by atoms with E-state index >= 15 is 0 Å². The third-order valence-electron chi connectivity index (χ3n) is 2.27. The van der Waals surface area contributed by atoms with E-state index in [9.17, 15) is 18.0 Å². The van der Waals surface area contributed by atoms with Gasteiger partial charge in [0.15, 0.2) is 0 Å². The molecule has 7 heteroatoms. The summed E-state index contributed by atoms with van der Waals surface area (Å²) in [5, 5.41) is 2.35. The Morgan fingerprint density at radius 2 is 2.17 bits per heavy atom. The van der Waals surface area contributed by atoms with Gasteiger partial charge in [-0.1, -0.05) is 0 Å². The van der Waals surface area contributed by atoms with Crippen molar-refractivity contribution in [3.05, 3.63) is 45.2 Å². The average molecular weight is 355 g/mol. The normalized spacial score (nSPS) is 14.0. The van der Waals surface area contributed by atoms with Gasteiger partial charge in [0.05, 0.1) is 0 Å². The van der Waals surface area contributed by atoms with Crippen molar-refractivity contribution >= 4 is 34.8 Å². The van der Waals surface area contributed by atoms with E-state index in [4.69, 9.17) is 0 Å². The van der Waals surface area contributed by atoms with Gasteiger partial charge in [0, 0.05) is 0 Å². The topological polar surface area (TPSA) is 41.5 Å². The van der Waals surface area contributed by atoms with Gasteiger partial charge in [-0.3, -0.25) is 0 Å². The van der Waals surface area contributed by atoms with E-state index in [1.165, 1.54) is 18.2 Å². The van der Waals surface area contributed by atoms with Crippen LogP contribution in [0.4, 0.5) is 13.2 Å². The number of carbonyl (C=O) groups is 1. The molecule has 1 aromatic rings. The van der Waals surface area contributed by atoms with Gasteiger partial charge < -0.3 is 0 Å². The Balaban J connectivity index is 2.11. The van der Waals surface area contributed by atoms with Crippen molar-refractivity contribution in [2.45, 2.75) is 6.43 Å². The zero-order chi connectivity index (χ0) is 13.1. The predicted octanol–water partition coefficient (Wildman–Crippen LogP) is 1.74. The molecule has 1 N–H and O–H groups in total. The van der Waals surface area contributed by atoms with E-state index < -0.39 is 41.3 Å². The van der Waals surface area contributed by atoms with Crippen LogP contribution in [0.15, 0.2) is 36.8 Å². The monoisotopic (exact) mass is 355 g/mol. The van der Waals surface area contributed by atoms with Crippen molar-refractivity contribution in [1.29, 1.82) is 0 Å². The average Bonchev–Trinajstić information content (AvgIpc) is 2.77. The summed E-state index contributed by atoms with van der Waals surface area (Å²) in [6, 6.07) is 5.04. The van der Waals surface area contributed by atoms with Gasteiger partial charge in [0.2, 0.25) is 0 Å². The summed E-state index contributed by atoms with van der Waals surface area (Å²) in [6.07, 6.45) is -2.70. The maximum atomic E-state index is 12.9. The Bertz CT molecular complexity index is 543. The molecule has 91 valence electrons. The van der Waals surface area contributed by atoms with Crippen molar-refractivity contribution in [1.82, 2.24) is 5.32 Å². The molecule has 1 amide bonds. The van der Waals surface area contributed by atoms with Crippen molar-refractivity contribution in [2.75, 3.05) is 0 Å². The Morgan fingerprint density at radius 3 is 2.83 bits per heavy atom. The molecule has 0 saturated carbocycles. The number of hydrogen-bond acceptors (Lipinski definition) is 2. The minimum atomic E-state index is -2.70. The van der Waals surface area contributed by atoms with Crippen LogP contribution < -0.4 is 5.32 Å². The molecule has 2 rings (SSSR count). The van der Waals surface area contributed by atoms with Crippen molar-refractivity contribution < 1.29 is 18.0 Å². The molecule has 0 atom stereocenters. The standard InChI is InChI=1S/C11H7F3N2O.In/c1-6(9(15)10(13)14)16-11(17)7-3-2-4-8(12)5-7;/h1-5,10H,(H,16,17);/q-1;+1. The number of alkyl halides is 2. The second-order valence-corrected chi connectivity index (χ2v) is 6.05. The molecule has 0 spiro atoms. The molecule has 18 heavy (non-hydrogen) atoms. The van der Waals surface area contributed by atoms with E-state index in [-0.39, 0.29) is 17.0 Å². The molecule has 3 nitrogen and oxygen atoms in total. The maximum absolute atomic E-state index is 12.9. The number of benzene rings is 1. The Labute approximate surface area is 113 Å². The van der Waals surface area contributed by atoms with Crippen LogP contribution in [0.2, 0.25) is 0 Å². The number of carbonyl (C=O) groups excluding carboxylic acids is 1.